The van der Waals surface area contributed by atoms with E-state index in [1.807, 2.05) is 0 Å². The number of nitrogen functional groups attached to an aromatic ring is 1. The van der Waals surface area contributed by atoms with Gasteiger partial charge in [0.05, 0.1) is 18.3 Å². The fourth-order valence-corrected chi connectivity index (χ4v) is 0.769. The molecule has 0 saturated heterocycles. The lowest BCUT2D eigenvalue weighted by atomic mass is 10.2. The van der Waals surface area contributed by atoms with Crippen LogP contribution in [0.1, 0.15) is 11.7 Å². The lowest BCUT2D eigenvalue weighted by Crippen LogP contribution is -2.16. The van der Waals surface area contributed by atoms with Crippen LogP contribution in [-0.4, -0.2) is 16.7 Å². The predicted octanol–water partition coefficient (Wildman–Crippen LogP) is -0.344. The van der Waals surface area contributed by atoms with Gasteiger partial charge in [0.15, 0.2) is 0 Å². The molecular formula is C7H11N3O. The standard InChI is InChI=1S/C7H11N3O/c8-5(4-11)6-2-1-3-7(9)10-6/h1-3,5,11H,4,8H2,(H2,9,10)/t5-/m0/s1. The van der Waals surface area contributed by atoms with E-state index >= 15 is 0 Å². The Hall–Kier alpha value is -1.13. The Labute approximate surface area is 64.9 Å². The van der Waals surface area contributed by atoms with Crippen LogP contribution in [0.2, 0.25) is 0 Å². The molecule has 0 spiro atoms. The molecular weight excluding hydrogens is 142 g/mol. The third-order valence-electron chi connectivity index (χ3n) is 1.37. The highest BCUT2D eigenvalue weighted by atomic mass is 16.3. The van der Waals surface area contributed by atoms with Crippen molar-refractivity contribution in [3.8, 4) is 0 Å². The minimum Gasteiger partial charge on any atom is -0.394 e. The quantitative estimate of drug-likeness (QED) is 0.542. The highest BCUT2D eigenvalue weighted by molar-refractivity contribution is 5.29. The predicted molar refractivity (Wildman–Crippen MR) is 42.7 cm³/mol. The van der Waals surface area contributed by atoms with Crippen LogP contribution in [0.5, 0.6) is 0 Å². The van der Waals surface area contributed by atoms with Gasteiger partial charge in [-0.05, 0) is 12.1 Å². The number of nitrogens with two attached hydrogens (primary N) is 2. The SMILES string of the molecule is Nc1cccc([C@@H](N)CO)n1. The maximum atomic E-state index is 8.67. The number of hydrogen-bond acceptors (Lipinski definition) is 4. The van der Waals surface area contributed by atoms with Gasteiger partial charge in [-0.25, -0.2) is 4.98 Å². The number of aliphatic hydroxyl groups excluding tert-OH is 1. The van der Waals surface area contributed by atoms with E-state index in [4.69, 9.17) is 16.6 Å². The lowest BCUT2D eigenvalue weighted by molar-refractivity contribution is 0.266. The van der Waals surface area contributed by atoms with Gasteiger partial charge in [0, 0.05) is 0 Å². The molecule has 1 heterocycles. The summed E-state index contributed by atoms with van der Waals surface area (Å²) in [6, 6.07) is 4.73. The summed E-state index contributed by atoms with van der Waals surface area (Å²) in [5, 5.41) is 8.67. The van der Waals surface area contributed by atoms with Gasteiger partial charge in [-0.3, -0.25) is 0 Å². The van der Waals surface area contributed by atoms with Gasteiger partial charge in [-0.15, -0.1) is 0 Å². The Kier molecular flexibility index (Phi) is 2.40. The van der Waals surface area contributed by atoms with Crippen LogP contribution in [0.25, 0.3) is 0 Å². The van der Waals surface area contributed by atoms with Crippen molar-refractivity contribution in [2.24, 2.45) is 5.73 Å². The highest BCUT2D eigenvalue weighted by Crippen LogP contribution is 2.07. The van der Waals surface area contributed by atoms with E-state index in [2.05, 4.69) is 4.98 Å². The largest absolute Gasteiger partial charge is 0.394 e. The molecule has 5 N–H and O–H groups in total. The summed E-state index contributed by atoms with van der Waals surface area (Å²) in [4.78, 5) is 3.94. The van der Waals surface area contributed by atoms with E-state index in [1.165, 1.54) is 0 Å². The summed E-state index contributed by atoms with van der Waals surface area (Å²) >= 11 is 0. The third kappa shape index (κ3) is 1.89. The lowest BCUT2D eigenvalue weighted by Gasteiger charge is -2.06. The first-order valence-electron chi connectivity index (χ1n) is 3.33. The van der Waals surface area contributed by atoms with Crippen LogP contribution in [0.15, 0.2) is 18.2 Å². The van der Waals surface area contributed by atoms with Crippen LogP contribution in [0.4, 0.5) is 5.82 Å². The highest BCUT2D eigenvalue weighted by Gasteiger charge is 2.04. The molecule has 4 nitrogen and oxygen atoms in total. The second kappa shape index (κ2) is 3.32. The summed E-state index contributed by atoms with van der Waals surface area (Å²) in [5.41, 5.74) is 11.5. The van der Waals surface area contributed by atoms with Crippen molar-refractivity contribution >= 4 is 5.82 Å². The smallest absolute Gasteiger partial charge is 0.123 e. The first-order valence-corrected chi connectivity index (χ1v) is 3.33. The van der Waals surface area contributed by atoms with Crippen LogP contribution in [0.3, 0.4) is 0 Å². The van der Waals surface area contributed by atoms with E-state index in [9.17, 15) is 0 Å². The summed E-state index contributed by atoms with van der Waals surface area (Å²) in [5.74, 6) is 0.423. The first kappa shape index (κ1) is 7.97. The van der Waals surface area contributed by atoms with Crippen molar-refractivity contribution in [1.29, 1.82) is 0 Å². The Morgan fingerprint density at radius 2 is 2.27 bits per heavy atom. The van der Waals surface area contributed by atoms with E-state index in [-0.39, 0.29) is 6.61 Å². The molecule has 0 radical (unpaired) electrons. The number of pyridine rings is 1. The molecule has 60 valence electrons. The monoisotopic (exact) mass is 153 g/mol. The Bertz CT molecular complexity index is 239. The second-order valence-electron chi connectivity index (χ2n) is 2.28. The maximum Gasteiger partial charge on any atom is 0.123 e. The van der Waals surface area contributed by atoms with Crippen molar-refractivity contribution in [1.82, 2.24) is 4.98 Å². The fraction of sp³-hybridized carbons (Fsp3) is 0.286. The minimum atomic E-state index is -0.432. The summed E-state index contributed by atoms with van der Waals surface area (Å²) in [6.45, 7) is -0.115. The van der Waals surface area contributed by atoms with Crippen molar-refractivity contribution in [2.75, 3.05) is 12.3 Å². The molecule has 1 atom stereocenters. The van der Waals surface area contributed by atoms with Crippen molar-refractivity contribution in [2.45, 2.75) is 6.04 Å². The molecule has 0 saturated carbocycles. The zero-order valence-corrected chi connectivity index (χ0v) is 6.07. The van der Waals surface area contributed by atoms with Crippen LogP contribution < -0.4 is 11.5 Å². The molecule has 1 aromatic rings. The van der Waals surface area contributed by atoms with Crippen LogP contribution >= 0.6 is 0 Å². The fourth-order valence-electron chi connectivity index (χ4n) is 0.769. The van der Waals surface area contributed by atoms with E-state index in [1.54, 1.807) is 18.2 Å². The average Bonchev–Trinajstić information content (AvgIpc) is 2.03. The molecule has 0 bridgehead atoms. The molecule has 0 fully saturated rings. The second-order valence-corrected chi connectivity index (χ2v) is 2.28. The third-order valence-corrected chi connectivity index (χ3v) is 1.37. The molecule has 0 aliphatic heterocycles. The molecule has 0 aromatic carbocycles. The minimum absolute atomic E-state index is 0.115. The zero-order valence-electron chi connectivity index (χ0n) is 6.07. The molecule has 0 amide bonds. The van der Waals surface area contributed by atoms with Gasteiger partial charge >= 0.3 is 0 Å². The van der Waals surface area contributed by atoms with E-state index < -0.39 is 6.04 Å². The van der Waals surface area contributed by atoms with Crippen molar-refractivity contribution < 1.29 is 5.11 Å². The Balaban J connectivity index is 2.86. The van der Waals surface area contributed by atoms with Gasteiger partial charge in [0.2, 0.25) is 0 Å². The molecule has 0 unspecified atom stereocenters. The molecule has 0 aliphatic carbocycles. The maximum absolute atomic E-state index is 8.67. The zero-order chi connectivity index (χ0) is 8.27. The van der Waals surface area contributed by atoms with Gasteiger partial charge < -0.3 is 16.6 Å². The van der Waals surface area contributed by atoms with Gasteiger partial charge in [0.1, 0.15) is 5.82 Å². The van der Waals surface area contributed by atoms with Crippen LogP contribution in [-0.2, 0) is 0 Å². The average molecular weight is 153 g/mol. The van der Waals surface area contributed by atoms with Crippen molar-refractivity contribution in [3.63, 3.8) is 0 Å². The number of hydrogen-bond donors (Lipinski definition) is 3. The van der Waals surface area contributed by atoms with Gasteiger partial charge in [0.25, 0.3) is 0 Å². The first-order chi connectivity index (χ1) is 5.24. The normalized spacial score (nSPS) is 12.9. The Morgan fingerprint density at radius 1 is 1.55 bits per heavy atom. The summed E-state index contributed by atoms with van der Waals surface area (Å²) < 4.78 is 0. The number of rotatable bonds is 2. The number of aliphatic hydroxyl groups is 1. The molecule has 4 heteroatoms. The van der Waals surface area contributed by atoms with Gasteiger partial charge in [-0.1, -0.05) is 6.07 Å². The molecule has 1 rings (SSSR count). The summed E-state index contributed by atoms with van der Waals surface area (Å²) in [6.07, 6.45) is 0. The molecule has 11 heavy (non-hydrogen) atoms. The van der Waals surface area contributed by atoms with Crippen molar-refractivity contribution in [3.05, 3.63) is 23.9 Å². The molecule has 0 aliphatic rings. The number of anilines is 1. The Morgan fingerprint density at radius 3 is 2.82 bits per heavy atom. The van der Waals surface area contributed by atoms with E-state index in [0.717, 1.165) is 0 Å². The number of nitrogens with zero attached hydrogens (tertiary/aromatic N) is 1. The summed E-state index contributed by atoms with van der Waals surface area (Å²) in [7, 11) is 0. The van der Waals surface area contributed by atoms with E-state index in [0.29, 0.717) is 11.5 Å². The van der Waals surface area contributed by atoms with Crippen LogP contribution in [0, 0.1) is 0 Å². The van der Waals surface area contributed by atoms with Gasteiger partial charge in [-0.2, -0.15) is 0 Å². The topological polar surface area (TPSA) is 85.2 Å². The molecule has 1 aromatic heterocycles. The number of aromatic nitrogens is 1.